The maximum atomic E-state index is 13.4. The van der Waals surface area contributed by atoms with E-state index in [4.69, 9.17) is 4.74 Å². The minimum absolute atomic E-state index is 0.0296. The molecule has 0 saturated carbocycles. The van der Waals surface area contributed by atoms with Crippen LogP contribution in [-0.2, 0) is 9.53 Å². The number of nitrogens with one attached hydrogen (secondary N) is 2. The summed E-state index contributed by atoms with van der Waals surface area (Å²) in [4.78, 5) is 46.7. The van der Waals surface area contributed by atoms with Crippen molar-refractivity contribution in [1.82, 2.24) is 0 Å². The zero-order valence-electron chi connectivity index (χ0n) is 16.4. The molecule has 0 atom stereocenters. The quantitative estimate of drug-likeness (QED) is 0.329. The molecule has 0 fully saturated rings. The molecular formula is C22H16FN3O6. The molecule has 2 N–H and O–H groups in total. The maximum Gasteiger partial charge on any atom is 0.340 e. The third kappa shape index (κ3) is 5.51. The van der Waals surface area contributed by atoms with Gasteiger partial charge < -0.3 is 15.4 Å². The van der Waals surface area contributed by atoms with E-state index >= 15 is 0 Å². The Balaban J connectivity index is 1.63. The van der Waals surface area contributed by atoms with Gasteiger partial charge >= 0.3 is 11.7 Å². The van der Waals surface area contributed by atoms with Gasteiger partial charge in [0.1, 0.15) is 0 Å². The van der Waals surface area contributed by atoms with Gasteiger partial charge in [-0.25, -0.2) is 4.79 Å². The van der Waals surface area contributed by atoms with Crippen LogP contribution in [0.4, 0.5) is 21.5 Å². The van der Waals surface area contributed by atoms with E-state index in [9.17, 15) is 28.9 Å². The average Bonchev–Trinajstić information content (AvgIpc) is 2.79. The van der Waals surface area contributed by atoms with Crippen molar-refractivity contribution in [1.29, 1.82) is 0 Å². The molecule has 32 heavy (non-hydrogen) atoms. The molecular weight excluding hydrogens is 421 g/mol. The predicted molar refractivity (Wildman–Crippen MR) is 113 cm³/mol. The first-order valence-electron chi connectivity index (χ1n) is 9.21. The number of halogens is 1. The van der Waals surface area contributed by atoms with Crippen molar-refractivity contribution in [3.8, 4) is 0 Å². The molecule has 0 radical (unpaired) electrons. The molecule has 0 aromatic heterocycles. The van der Waals surface area contributed by atoms with Crippen LogP contribution in [-0.4, -0.2) is 29.3 Å². The van der Waals surface area contributed by atoms with Crippen molar-refractivity contribution in [2.45, 2.75) is 0 Å². The number of hydrogen-bond acceptors (Lipinski definition) is 6. The van der Waals surface area contributed by atoms with Crippen molar-refractivity contribution in [2.24, 2.45) is 0 Å². The number of nitro groups is 1. The van der Waals surface area contributed by atoms with Crippen LogP contribution in [0.3, 0.4) is 0 Å². The van der Waals surface area contributed by atoms with Gasteiger partial charge in [-0.3, -0.25) is 19.7 Å². The molecule has 10 heteroatoms. The third-order valence-corrected chi connectivity index (χ3v) is 4.19. The van der Waals surface area contributed by atoms with E-state index in [1.807, 2.05) is 0 Å². The second-order valence-corrected chi connectivity index (χ2v) is 6.41. The number of carbonyl (C=O) groups is 3. The van der Waals surface area contributed by atoms with Crippen LogP contribution in [0.1, 0.15) is 20.7 Å². The zero-order valence-corrected chi connectivity index (χ0v) is 16.4. The fourth-order valence-corrected chi connectivity index (χ4v) is 2.69. The number of carbonyl (C=O) groups excluding carboxylic acids is 3. The summed E-state index contributed by atoms with van der Waals surface area (Å²) < 4.78 is 18.4. The van der Waals surface area contributed by atoms with Crippen LogP contribution in [0, 0.1) is 15.9 Å². The predicted octanol–water partition coefficient (Wildman–Crippen LogP) is 3.78. The lowest BCUT2D eigenvalue weighted by molar-refractivity contribution is -0.387. The second-order valence-electron chi connectivity index (χ2n) is 6.41. The summed E-state index contributed by atoms with van der Waals surface area (Å²) in [5, 5.41) is 15.7. The second kappa shape index (κ2) is 9.94. The molecule has 0 aliphatic heterocycles. The summed E-state index contributed by atoms with van der Waals surface area (Å²) in [7, 11) is 0. The van der Waals surface area contributed by atoms with Crippen LogP contribution in [0.2, 0.25) is 0 Å². The van der Waals surface area contributed by atoms with Gasteiger partial charge in [-0.05, 0) is 36.4 Å². The molecule has 9 nitrogen and oxygen atoms in total. The Kier molecular flexibility index (Phi) is 6.86. The number of hydrogen-bond donors (Lipinski definition) is 2. The molecule has 3 aromatic carbocycles. The van der Waals surface area contributed by atoms with Crippen LogP contribution >= 0.6 is 0 Å². The van der Waals surface area contributed by atoms with E-state index < -0.39 is 40.8 Å². The molecule has 3 aromatic rings. The summed E-state index contributed by atoms with van der Waals surface area (Å²) in [6.45, 7) is -0.703. The van der Waals surface area contributed by atoms with Crippen LogP contribution < -0.4 is 10.6 Å². The lowest BCUT2D eigenvalue weighted by atomic mass is 10.1. The maximum absolute atomic E-state index is 13.4. The molecule has 0 heterocycles. The first-order chi connectivity index (χ1) is 15.3. The molecule has 0 bridgehead atoms. The summed E-state index contributed by atoms with van der Waals surface area (Å²) in [5.41, 5.74) is -0.219. The molecule has 0 unspecified atom stereocenters. The molecule has 162 valence electrons. The Morgan fingerprint density at radius 2 is 1.62 bits per heavy atom. The van der Waals surface area contributed by atoms with Crippen molar-refractivity contribution < 1.29 is 28.4 Å². The Morgan fingerprint density at radius 3 is 2.34 bits per heavy atom. The van der Waals surface area contributed by atoms with Crippen molar-refractivity contribution in [2.75, 3.05) is 17.2 Å². The Morgan fingerprint density at radius 1 is 0.938 bits per heavy atom. The van der Waals surface area contributed by atoms with Gasteiger partial charge in [-0.1, -0.05) is 30.3 Å². The van der Waals surface area contributed by atoms with Gasteiger partial charge in [0, 0.05) is 17.3 Å². The van der Waals surface area contributed by atoms with Gasteiger partial charge in [0.25, 0.3) is 11.8 Å². The lowest BCUT2D eigenvalue weighted by Crippen LogP contribution is -2.22. The number of amides is 2. The largest absolute Gasteiger partial charge is 0.452 e. The topological polar surface area (TPSA) is 128 Å². The van der Waals surface area contributed by atoms with E-state index in [1.54, 1.807) is 42.5 Å². The normalized spacial score (nSPS) is 10.2. The summed E-state index contributed by atoms with van der Waals surface area (Å²) in [6.07, 6.45) is 0. The number of benzene rings is 3. The monoisotopic (exact) mass is 437 g/mol. The average molecular weight is 437 g/mol. The van der Waals surface area contributed by atoms with E-state index in [-0.39, 0.29) is 16.9 Å². The van der Waals surface area contributed by atoms with Crippen molar-refractivity contribution in [3.05, 3.63) is 99.9 Å². The molecule has 3 rings (SSSR count). The first kappa shape index (κ1) is 22.1. The number of esters is 1. The Labute approximate surface area is 181 Å². The number of nitro benzene ring substituents is 1. The van der Waals surface area contributed by atoms with E-state index in [1.165, 1.54) is 12.1 Å². The van der Waals surface area contributed by atoms with Crippen molar-refractivity contribution in [3.63, 3.8) is 0 Å². The Hall–Kier alpha value is -4.60. The zero-order chi connectivity index (χ0) is 23.1. The summed E-state index contributed by atoms with van der Waals surface area (Å²) in [6, 6.07) is 17.3. The highest BCUT2D eigenvalue weighted by Crippen LogP contribution is 2.22. The molecule has 0 aliphatic carbocycles. The lowest BCUT2D eigenvalue weighted by Gasteiger charge is -2.11. The fourth-order valence-electron chi connectivity index (χ4n) is 2.69. The van der Waals surface area contributed by atoms with E-state index in [2.05, 4.69) is 10.6 Å². The van der Waals surface area contributed by atoms with Gasteiger partial charge in [-0.2, -0.15) is 4.39 Å². The standard InChI is InChI=1S/C22H16FN3O6/c23-17-11-10-15(12-19(17)26(30)31)24-20(27)13-32-22(29)16-8-4-5-9-18(16)25-21(28)14-6-2-1-3-7-14/h1-12H,13H2,(H,24,27)(H,25,28). The highest BCUT2D eigenvalue weighted by atomic mass is 19.1. The van der Waals surface area contributed by atoms with E-state index in [0.717, 1.165) is 18.2 Å². The van der Waals surface area contributed by atoms with Crippen LogP contribution in [0.5, 0.6) is 0 Å². The minimum Gasteiger partial charge on any atom is -0.452 e. The molecule has 0 spiro atoms. The molecule has 2 amide bonds. The van der Waals surface area contributed by atoms with Gasteiger partial charge in [0.2, 0.25) is 5.82 Å². The molecule has 0 saturated heterocycles. The number of anilines is 2. The van der Waals surface area contributed by atoms with Gasteiger partial charge in [-0.15, -0.1) is 0 Å². The number of ether oxygens (including phenoxy) is 1. The van der Waals surface area contributed by atoms with Crippen LogP contribution in [0.25, 0.3) is 0 Å². The van der Waals surface area contributed by atoms with Gasteiger partial charge in [0.05, 0.1) is 16.2 Å². The summed E-state index contributed by atoms with van der Waals surface area (Å²) in [5.74, 6) is -3.13. The highest BCUT2D eigenvalue weighted by molar-refractivity contribution is 6.08. The first-order valence-corrected chi connectivity index (χ1v) is 9.21. The molecule has 0 aliphatic rings. The fraction of sp³-hybridized carbons (Fsp3) is 0.0455. The summed E-state index contributed by atoms with van der Waals surface area (Å²) >= 11 is 0. The van der Waals surface area contributed by atoms with E-state index in [0.29, 0.717) is 5.56 Å². The number of rotatable bonds is 7. The van der Waals surface area contributed by atoms with Crippen molar-refractivity contribution >= 4 is 34.8 Å². The Bertz CT molecular complexity index is 1180. The van der Waals surface area contributed by atoms with Gasteiger partial charge in [0.15, 0.2) is 6.61 Å². The third-order valence-electron chi connectivity index (χ3n) is 4.19. The SMILES string of the molecule is O=C(COC(=O)c1ccccc1NC(=O)c1ccccc1)Nc1ccc(F)c([N+](=O)[O-])c1. The van der Waals surface area contributed by atoms with Crippen LogP contribution in [0.15, 0.2) is 72.8 Å². The highest BCUT2D eigenvalue weighted by Gasteiger charge is 2.18. The number of para-hydroxylation sites is 1. The minimum atomic E-state index is -1.05. The number of nitrogens with zero attached hydrogens (tertiary/aromatic N) is 1. The smallest absolute Gasteiger partial charge is 0.340 e.